The zero-order valence-electron chi connectivity index (χ0n) is 13.4. The molecule has 0 amide bonds. The van der Waals surface area contributed by atoms with Crippen molar-refractivity contribution in [1.29, 1.82) is 5.26 Å². The molecule has 1 heterocycles. The minimum Gasteiger partial charge on any atom is -0.493 e. The molecular formula is C16H20N4O3S. The molecule has 1 aromatic rings. The third-order valence-corrected chi connectivity index (χ3v) is 3.61. The molecule has 8 heteroatoms. The number of hydrogen-bond acceptors (Lipinski definition) is 6. The number of nitriles is 1. The van der Waals surface area contributed by atoms with Crippen LogP contribution in [-0.4, -0.2) is 44.3 Å². The van der Waals surface area contributed by atoms with Crippen LogP contribution in [0, 0.1) is 11.3 Å². The van der Waals surface area contributed by atoms with E-state index in [1.54, 1.807) is 18.3 Å². The molecule has 24 heavy (non-hydrogen) atoms. The fraction of sp³-hybridized carbons (Fsp3) is 0.438. The van der Waals surface area contributed by atoms with Gasteiger partial charge >= 0.3 is 0 Å². The number of hydrogen-bond donors (Lipinski definition) is 2. The Hall–Kier alpha value is -2.37. The number of benzene rings is 1. The Bertz CT molecular complexity index is 624. The van der Waals surface area contributed by atoms with E-state index in [1.807, 2.05) is 12.1 Å². The molecule has 1 saturated heterocycles. The molecule has 1 atom stereocenters. The molecule has 0 aliphatic carbocycles. The van der Waals surface area contributed by atoms with Gasteiger partial charge in [0.25, 0.3) is 0 Å². The van der Waals surface area contributed by atoms with Crippen LogP contribution >= 0.6 is 12.2 Å². The van der Waals surface area contributed by atoms with Gasteiger partial charge in [0.2, 0.25) is 0 Å². The third-order valence-electron chi connectivity index (χ3n) is 3.37. The van der Waals surface area contributed by atoms with E-state index in [4.69, 9.17) is 31.7 Å². The fourth-order valence-corrected chi connectivity index (χ4v) is 2.35. The van der Waals surface area contributed by atoms with Crippen LogP contribution in [-0.2, 0) is 4.74 Å². The van der Waals surface area contributed by atoms with Crippen molar-refractivity contribution in [1.82, 2.24) is 10.7 Å². The van der Waals surface area contributed by atoms with Crippen LogP contribution in [0.15, 0.2) is 23.3 Å². The van der Waals surface area contributed by atoms with Gasteiger partial charge < -0.3 is 19.5 Å². The molecule has 1 aromatic carbocycles. The summed E-state index contributed by atoms with van der Waals surface area (Å²) in [6.45, 7) is 1.47. The molecule has 2 rings (SSSR count). The summed E-state index contributed by atoms with van der Waals surface area (Å²) in [5, 5.41) is 16.2. The zero-order valence-corrected chi connectivity index (χ0v) is 14.3. The number of rotatable bonds is 7. The van der Waals surface area contributed by atoms with Gasteiger partial charge in [-0.05, 0) is 48.8 Å². The first-order valence-electron chi connectivity index (χ1n) is 7.59. The lowest BCUT2D eigenvalue weighted by molar-refractivity contribution is 0.114. The summed E-state index contributed by atoms with van der Waals surface area (Å²) in [6, 6.07) is 7.22. The smallest absolute Gasteiger partial charge is 0.187 e. The number of hydrazone groups is 1. The molecule has 0 bridgehead atoms. The second kappa shape index (κ2) is 9.70. The van der Waals surface area contributed by atoms with E-state index in [0.29, 0.717) is 23.2 Å². The van der Waals surface area contributed by atoms with E-state index in [1.165, 1.54) is 7.11 Å². The molecular weight excluding hydrogens is 328 g/mol. The van der Waals surface area contributed by atoms with Crippen LogP contribution in [0.25, 0.3) is 0 Å². The van der Waals surface area contributed by atoms with Gasteiger partial charge in [-0.3, -0.25) is 5.43 Å². The van der Waals surface area contributed by atoms with E-state index in [2.05, 4.69) is 15.8 Å². The second-order valence-electron chi connectivity index (χ2n) is 5.07. The highest BCUT2D eigenvalue weighted by Gasteiger charge is 2.15. The summed E-state index contributed by atoms with van der Waals surface area (Å²) in [5.74, 6) is 1.05. The summed E-state index contributed by atoms with van der Waals surface area (Å²) in [4.78, 5) is 0. The average molecular weight is 348 g/mol. The van der Waals surface area contributed by atoms with Gasteiger partial charge in [-0.1, -0.05) is 0 Å². The molecule has 0 saturated carbocycles. The lowest BCUT2D eigenvalue weighted by atomic mass is 10.2. The first kappa shape index (κ1) is 18.0. The molecule has 2 N–H and O–H groups in total. The molecule has 1 aliphatic rings. The summed E-state index contributed by atoms with van der Waals surface area (Å²) < 4.78 is 16.0. The molecule has 1 fully saturated rings. The van der Waals surface area contributed by atoms with Crippen LogP contribution in [0.1, 0.15) is 18.4 Å². The molecule has 128 valence electrons. The molecule has 0 aromatic heterocycles. The standard InChI is InChI=1S/C16H20N4O3S/c1-21-15-9-12(4-5-14(15)23-8-6-17)10-19-20-16(24)18-11-13-3-2-7-22-13/h4-5,9-10,13H,2-3,7-8,11H2,1H3,(H2,18,20,24)/b19-10-/t13-/m0/s1. The van der Waals surface area contributed by atoms with E-state index >= 15 is 0 Å². The maximum Gasteiger partial charge on any atom is 0.187 e. The van der Waals surface area contributed by atoms with Crippen LogP contribution in [0.5, 0.6) is 11.5 Å². The highest BCUT2D eigenvalue weighted by atomic mass is 32.1. The Morgan fingerprint density at radius 3 is 3.12 bits per heavy atom. The Morgan fingerprint density at radius 1 is 1.54 bits per heavy atom. The van der Waals surface area contributed by atoms with E-state index in [-0.39, 0.29) is 12.7 Å². The van der Waals surface area contributed by atoms with Gasteiger partial charge in [-0.25, -0.2) is 0 Å². The van der Waals surface area contributed by atoms with E-state index in [0.717, 1.165) is 25.0 Å². The normalized spacial score (nSPS) is 16.6. The topological polar surface area (TPSA) is 87.9 Å². The van der Waals surface area contributed by atoms with Gasteiger partial charge in [-0.15, -0.1) is 0 Å². The Morgan fingerprint density at radius 2 is 2.42 bits per heavy atom. The lowest BCUT2D eigenvalue weighted by Gasteiger charge is -2.11. The van der Waals surface area contributed by atoms with Crippen molar-refractivity contribution < 1.29 is 14.2 Å². The maximum atomic E-state index is 8.56. The highest BCUT2D eigenvalue weighted by molar-refractivity contribution is 7.80. The third kappa shape index (κ3) is 5.68. The monoisotopic (exact) mass is 348 g/mol. The maximum absolute atomic E-state index is 8.56. The first-order valence-corrected chi connectivity index (χ1v) is 8.00. The molecule has 1 aliphatic heterocycles. The van der Waals surface area contributed by atoms with Crippen molar-refractivity contribution in [3.05, 3.63) is 23.8 Å². The number of nitrogens with zero attached hydrogens (tertiary/aromatic N) is 2. The van der Waals surface area contributed by atoms with Crippen molar-refractivity contribution >= 4 is 23.5 Å². The minimum absolute atomic E-state index is 0.0317. The second-order valence-corrected chi connectivity index (χ2v) is 5.48. The SMILES string of the molecule is COc1cc(/C=N\NC(=S)NC[C@@H]2CCCO2)ccc1OCC#N. The molecule has 0 unspecified atom stereocenters. The number of ether oxygens (including phenoxy) is 3. The Labute approximate surface area is 146 Å². The van der Waals surface area contributed by atoms with Crippen LogP contribution in [0.4, 0.5) is 0 Å². The summed E-state index contributed by atoms with van der Waals surface area (Å²) in [6.07, 6.45) is 4.00. The Kier molecular flexibility index (Phi) is 7.26. The van der Waals surface area contributed by atoms with Crippen LogP contribution in [0.3, 0.4) is 0 Å². The van der Waals surface area contributed by atoms with Gasteiger partial charge in [0, 0.05) is 13.2 Å². The van der Waals surface area contributed by atoms with Crippen LogP contribution in [0.2, 0.25) is 0 Å². The van der Waals surface area contributed by atoms with Crippen molar-refractivity contribution in [3.8, 4) is 17.6 Å². The first-order chi connectivity index (χ1) is 11.7. The minimum atomic E-state index is -0.0317. The van der Waals surface area contributed by atoms with E-state index < -0.39 is 0 Å². The van der Waals surface area contributed by atoms with Crippen molar-refractivity contribution in [3.63, 3.8) is 0 Å². The van der Waals surface area contributed by atoms with Crippen molar-refractivity contribution in [2.75, 3.05) is 26.9 Å². The van der Waals surface area contributed by atoms with Gasteiger partial charge in [0.1, 0.15) is 6.07 Å². The summed E-state index contributed by atoms with van der Waals surface area (Å²) in [7, 11) is 1.54. The van der Waals surface area contributed by atoms with Crippen molar-refractivity contribution in [2.45, 2.75) is 18.9 Å². The number of nitrogens with one attached hydrogen (secondary N) is 2. The van der Waals surface area contributed by atoms with Gasteiger partial charge in [0.05, 0.1) is 19.4 Å². The van der Waals surface area contributed by atoms with Crippen molar-refractivity contribution in [2.24, 2.45) is 5.10 Å². The van der Waals surface area contributed by atoms with Gasteiger partial charge in [0.15, 0.2) is 23.2 Å². The quantitative estimate of drug-likeness (QED) is 0.439. The predicted octanol–water partition coefficient (Wildman–Crippen LogP) is 1.57. The average Bonchev–Trinajstić information content (AvgIpc) is 3.12. The predicted molar refractivity (Wildman–Crippen MR) is 94.4 cm³/mol. The van der Waals surface area contributed by atoms with Gasteiger partial charge in [-0.2, -0.15) is 10.4 Å². The number of thiocarbonyl (C=S) groups is 1. The Balaban J connectivity index is 1.82. The summed E-state index contributed by atoms with van der Waals surface area (Å²) in [5.41, 5.74) is 3.57. The zero-order chi connectivity index (χ0) is 17.2. The largest absolute Gasteiger partial charge is 0.493 e. The molecule has 7 nitrogen and oxygen atoms in total. The molecule has 0 radical (unpaired) electrons. The number of methoxy groups -OCH3 is 1. The summed E-state index contributed by atoms with van der Waals surface area (Å²) >= 11 is 5.15. The van der Waals surface area contributed by atoms with Crippen LogP contribution < -0.4 is 20.2 Å². The molecule has 0 spiro atoms. The fourth-order valence-electron chi connectivity index (χ4n) is 2.21. The lowest BCUT2D eigenvalue weighted by Crippen LogP contribution is -2.37. The highest BCUT2D eigenvalue weighted by Crippen LogP contribution is 2.27. The van der Waals surface area contributed by atoms with E-state index in [9.17, 15) is 0 Å².